The monoisotopic (exact) mass is 868 g/mol. The molecule has 2 unspecified atom stereocenters. The molecule has 6 aromatic rings. The third-order valence-corrected chi connectivity index (χ3v) is 12.2. The number of halogens is 2. The van der Waals surface area contributed by atoms with Crippen molar-refractivity contribution < 1.29 is 9.59 Å². The molecule has 0 radical (unpaired) electrons. The molecule has 2 bridgehead atoms. The molecule has 3 N–H and O–H groups in total. The first-order valence-corrected chi connectivity index (χ1v) is 21.7. The van der Waals surface area contributed by atoms with Crippen LogP contribution in [0.2, 0.25) is 10.0 Å². The van der Waals surface area contributed by atoms with Crippen molar-refractivity contribution in [1.29, 1.82) is 0 Å². The molecule has 2 aromatic heterocycles. The van der Waals surface area contributed by atoms with Crippen LogP contribution in [0.5, 0.6) is 0 Å². The van der Waals surface area contributed by atoms with Crippen LogP contribution < -0.4 is 25.8 Å². The summed E-state index contributed by atoms with van der Waals surface area (Å²) in [7, 11) is 4.28. The first-order chi connectivity index (χ1) is 29.9. The highest BCUT2D eigenvalue weighted by Crippen LogP contribution is 2.30. The smallest absolute Gasteiger partial charge is 0.248 e. The van der Waals surface area contributed by atoms with Crippen LogP contribution in [-0.2, 0) is 9.59 Å². The van der Waals surface area contributed by atoms with Gasteiger partial charge >= 0.3 is 0 Å². The molecule has 318 valence electrons. The Kier molecular flexibility index (Phi) is 13.1. The Morgan fingerprint density at radius 2 is 1.21 bits per heavy atom. The fraction of sp³-hybridized carbons (Fsp3) is 0.292. The summed E-state index contributed by atoms with van der Waals surface area (Å²) in [6.45, 7) is 7.87. The van der Waals surface area contributed by atoms with Crippen LogP contribution in [0.4, 0.5) is 23.3 Å². The topological polar surface area (TPSA) is 132 Å². The predicted octanol–water partition coefficient (Wildman–Crippen LogP) is 8.57. The first-order valence-electron chi connectivity index (χ1n) is 20.9. The van der Waals surface area contributed by atoms with E-state index in [2.05, 4.69) is 44.7 Å². The van der Waals surface area contributed by atoms with Gasteiger partial charge in [0, 0.05) is 88.6 Å². The van der Waals surface area contributed by atoms with Crippen molar-refractivity contribution in [2.45, 2.75) is 51.2 Å². The number of piperazine rings is 1. The summed E-state index contributed by atoms with van der Waals surface area (Å²) in [5.41, 5.74) is 6.86. The van der Waals surface area contributed by atoms with Crippen LogP contribution in [-0.4, -0.2) is 95.1 Å². The number of rotatable bonds is 9. The quantitative estimate of drug-likeness (QED) is 0.122. The van der Waals surface area contributed by atoms with Gasteiger partial charge in [-0.25, -0.2) is 19.9 Å². The van der Waals surface area contributed by atoms with E-state index in [1.807, 2.05) is 74.5 Å². The summed E-state index contributed by atoms with van der Waals surface area (Å²) in [5.74, 6) is 1.20. The minimum atomic E-state index is -0.196. The molecule has 3 fully saturated rings. The van der Waals surface area contributed by atoms with Gasteiger partial charge in [0.25, 0.3) is 0 Å². The number of carbonyl (C=O) groups excluding carboxylic acids is 2. The Hall–Kier alpha value is -5.92. The molecule has 3 aliphatic heterocycles. The Labute approximate surface area is 372 Å². The molecule has 5 heterocycles. The van der Waals surface area contributed by atoms with Gasteiger partial charge in [0.15, 0.2) is 0 Å². The lowest BCUT2D eigenvalue weighted by atomic mass is 10.0. The molecule has 0 aliphatic carbocycles. The van der Waals surface area contributed by atoms with Crippen LogP contribution in [0.3, 0.4) is 0 Å². The van der Waals surface area contributed by atoms with Gasteiger partial charge in [0.05, 0.1) is 22.4 Å². The largest absolute Gasteiger partial charge is 0.341 e. The van der Waals surface area contributed by atoms with Crippen molar-refractivity contribution in [2.24, 2.45) is 0 Å². The fourth-order valence-electron chi connectivity index (χ4n) is 8.21. The second kappa shape index (κ2) is 19.0. The highest BCUT2D eigenvalue weighted by molar-refractivity contribution is 6.30. The van der Waals surface area contributed by atoms with Crippen molar-refractivity contribution in [3.8, 4) is 0 Å². The SMILES string of the molecule is Cc1nc(N2CC3CC2CN3)nc2ccc(NC(=O)/C=C\c3ccc(Cl)cc3)cc12.Cc1nc(N2CCC(N(C)C)CC2)nc2ccc(NC(=O)/C=C\c3ccc(Cl)cc3)cc12. The third-order valence-electron chi connectivity index (χ3n) is 11.7. The molecule has 62 heavy (non-hydrogen) atoms. The molecule has 0 spiro atoms. The van der Waals surface area contributed by atoms with Crippen LogP contribution in [0.1, 0.15) is 41.8 Å². The Morgan fingerprint density at radius 3 is 1.68 bits per heavy atom. The molecular formula is C48H50Cl2N10O2. The van der Waals surface area contributed by atoms with E-state index in [9.17, 15) is 9.59 Å². The lowest BCUT2D eigenvalue weighted by Gasteiger charge is -2.35. The zero-order chi connectivity index (χ0) is 43.3. The maximum absolute atomic E-state index is 12.3. The number of amides is 2. The molecule has 9 rings (SSSR count). The number of nitrogens with one attached hydrogen (secondary N) is 3. The average Bonchev–Trinajstić information content (AvgIpc) is 3.91. The van der Waals surface area contributed by atoms with Gasteiger partial charge in [-0.1, -0.05) is 47.5 Å². The second-order valence-corrected chi connectivity index (χ2v) is 17.1. The molecular weight excluding hydrogens is 820 g/mol. The Balaban J connectivity index is 0.000000171. The van der Waals surface area contributed by atoms with Gasteiger partial charge in [-0.05, 0) is 131 Å². The zero-order valence-electron chi connectivity index (χ0n) is 35.3. The third kappa shape index (κ3) is 10.4. The second-order valence-electron chi connectivity index (χ2n) is 16.3. The molecule has 14 heteroatoms. The number of piperidine rings is 1. The number of fused-ring (bicyclic) bond motifs is 4. The molecule has 4 aromatic carbocycles. The standard InChI is InChI=1S/C25H28ClN5O.C23H22ClN5O/c1-17-22-16-20(28-24(32)11-6-18-4-7-19(26)8-5-18)9-10-23(22)29-25(27-17)31-14-12-21(13-15-31)30(2)3;1-14-20-11-17(27-22(30)9-4-15-2-5-16(24)6-3-15)7-8-21(20)28-23(26-14)29-13-18-10-19(29)12-25-18/h4-11,16,21H,12-15H2,1-3H3,(H,28,32);2-9,11,18-19,25H,10,12-13H2,1H3,(H,27,30)/b11-6-;9-4-. The summed E-state index contributed by atoms with van der Waals surface area (Å²) < 4.78 is 0. The summed E-state index contributed by atoms with van der Waals surface area (Å²) in [4.78, 5) is 50.6. The first kappa shape index (κ1) is 42.8. The number of anilines is 4. The van der Waals surface area contributed by atoms with E-state index >= 15 is 0 Å². The predicted molar refractivity (Wildman–Crippen MR) is 253 cm³/mol. The number of carbonyl (C=O) groups is 2. The molecule has 3 saturated heterocycles. The van der Waals surface area contributed by atoms with E-state index in [0.717, 1.165) is 113 Å². The highest BCUT2D eigenvalue weighted by atomic mass is 35.5. The summed E-state index contributed by atoms with van der Waals surface area (Å²) in [6.07, 6.45) is 9.92. The summed E-state index contributed by atoms with van der Waals surface area (Å²) in [6, 6.07) is 27.8. The number of aryl methyl sites for hydroxylation is 2. The Morgan fingerprint density at radius 1 is 0.710 bits per heavy atom. The van der Waals surface area contributed by atoms with Crippen molar-refractivity contribution in [2.75, 3.05) is 60.7 Å². The molecule has 0 saturated carbocycles. The van der Waals surface area contributed by atoms with Crippen molar-refractivity contribution >= 4 is 92.2 Å². The van der Waals surface area contributed by atoms with E-state index in [1.54, 1.807) is 36.4 Å². The maximum Gasteiger partial charge on any atom is 0.248 e. The molecule has 12 nitrogen and oxygen atoms in total. The van der Waals surface area contributed by atoms with E-state index in [4.69, 9.17) is 43.1 Å². The van der Waals surface area contributed by atoms with Gasteiger partial charge in [0.1, 0.15) is 0 Å². The summed E-state index contributed by atoms with van der Waals surface area (Å²) in [5, 5.41) is 12.6. The summed E-state index contributed by atoms with van der Waals surface area (Å²) >= 11 is 11.8. The van der Waals surface area contributed by atoms with Gasteiger partial charge in [-0.2, -0.15) is 0 Å². The van der Waals surface area contributed by atoms with Gasteiger partial charge in [-0.15, -0.1) is 0 Å². The van der Waals surface area contributed by atoms with Gasteiger partial charge < -0.3 is 30.7 Å². The number of benzene rings is 4. The Bertz CT molecular complexity index is 2640. The number of hydrogen-bond acceptors (Lipinski definition) is 10. The van der Waals surface area contributed by atoms with E-state index < -0.39 is 0 Å². The van der Waals surface area contributed by atoms with E-state index in [0.29, 0.717) is 28.2 Å². The highest BCUT2D eigenvalue weighted by Gasteiger charge is 2.39. The molecule has 3 aliphatic rings. The molecule has 2 atom stereocenters. The number of hydrogen-bond donors (Lipinski definition) is 3. The zero-order valence-corrected chi connectivity index (χ0v) is 36.8. The van der Waals surface area contributed by atoms with Crippen LogP contribution in [0.15, 0.2) is 97.1 Å². The number of nitrogens with zero attached hydrogens (tertiary/aromatic N) is 7. The number of aromatic nitrogens is 4. The van der Waals surface area contributed by atoms with Crippen LogP contribution >= 0.6 is 23.2 Å². The maximum atomic E-state index is 12.3. The normalized spacial score (nSPS) is 17.7. The lowest BCUT2D eigenvalue weighted by molar-refractivity contribution is -0.112. The van der Waals surface area contributed by atoms with Crippen LogP contribution in [0, 0.1) is 13.8 Å². The minimum Gasteiger partial charge on any atom is -0.341 e. The molecule has 2 amide bonds. The van der Waals surface area contributed by atoms with Crippen molar-refractivity contribution in [3.63, 3.8) is 0 Å². The van der Waals surface area contributed by atoms with Crippen molar-refractivity contribution in [1.82, 2.24) is 30.2 Å². The van der Waals surface area contributed by atoms with Crippen LogP contribution in [0.25, 0.3) is 34.0 Å². The average molecular weight is 870 g/mol. The van der Waals surface area contributed by atoms with E-state index in [-0.39, 0.29) is 11.8 Å². The minimum absolute atomic E-state index is 0.194. The fourth-order valence-corrected chi connectivity index (χ4v) is 8.46. The van der Waals surface area contributed by atoms with E-state index in [1.165, 1.54) is 12.2 Å². The van der Waals surface area contributed by atoms with Crippen molar-refractivity contribution in [3.05, 3.63) is 130 Å². The van der Waals surface area contributed by atoms with Gasteiger partial charge in [0.2, 0.25) is 23.7 Å². The lowest BCUT2D eigenvalue weighted by Crippen LogP contribution is -2.44. The van der Waals surface area contributed by atoms with Gasteiger partial charge in [-0.3, -0.25) is 9.59 Å².